The lowest BCUT2D eigenvalue weighted by Gasteiger charge is -2.31. The van der Waals surface area contributed by atoms with E-state index in [-0.39, 0.29) is 36.3 Å². The van der Waals surface area contributed by atoms with Crippen LogP contribution < -0.4 is 5.32 Å². The minimum Gasteiger partial charge on any atom is -0.345 e. The Morgan fingerprint density at radius 1 is 0.897 bits per heavy atom. The quantitative estimate of drug-likeness (QED) is 0.319. The van der Waals surface area contributed by atoms with Gasteiger partial charge in [0.15, 0.2) is 0 Å². The summed E-state index contributed by atoms with van der Waals surface area (Å²) in [7, 11) is 0. The number of carbonyl (C=O) groups excluding carboxylic acids is 2. The molecule has 0 saturated heterocycles. The maximum absolute atomic E-state index is 13.8. The number of hydrogen-bond donors (Lipinski definition) is 1. The largest absolute Gasteiger partial charge is 0.345 e. The van der Waals surface area contributed by atoms with Gasteiger partial charge in [-0.1, -0.05) is 75.6 Å². The van der Waals surface area contributed by atoms with Gasteiger partial charge in [0.1, 0.15) is 12.4 Å². The summed E-state index contributed by atoms with van der Waals surface area (Å²) < 4.78 is 15.5. The minimum absolute atomic E-state index is 0.0300. The molecule has 0 radical (unpaired) electrons. The second-order valence-corrected chi connectivity index (χ2v) is 11.0. The van der Waals surface area contributed by atoms with Crippen molar-refractivity contribution in [3.63, 3.8) is 0 Å². The normalized spacial score (nSPS) is 13.8. The summed E-state index contributed by atoms with van der Waals surface area (Å²) in [6.07, 6.45) is 7.47. The molecule has 208 valence electrons. The van der Waals surface area contributed by atoms with Gasteiger partial charge in [-0.3, -0.25) is 4.79 Å². The number of carbonyl (C=O) groups is 2. The SMILES string of the molecule is CC(C)CN(CC(=O)N(Cc1ccccc1)Cc1cccn1Cc1ccc(F)cc1)C(=O)NC1CCCCC1. The van der Waals surface area contributed by atoms with E-state index < -0.39 is 0 Å². The van der Waals surface area contributed by atoms with Crippen molar-refractivity contribution in [3.05, 3.63) is 95.6 Å². The van der Waals surface area contributed by atoms with E-state index in [9.17, 15) is 14.0 Å². The highest BCUT2D eigenvalue weighted by molar-refractivity contribution is 5.84. The lowest BCUT2D eigenvalue weighted by atomic mass is 9.96. The van der Waals surface area contributed by atoms with Gasteiger partial charge in [-0.05, 0) is 54.2 Å². The van der Waals surface area contributed by atoms with E-state index in [2.05, 4.69) is 23.7 Å². The van der Waals surface area contributed by atoms with E-state index in [0.717, 1.165) is 42.5 Å². The maximum atomic E-state index is 13.8. The van der Waals surface area contributed by atoms with E-state index >= 15 is 0 Å². The molecule has 7 heteroatoms. The molecule has 4 rings (SSSR count). The molecule has 0 atom stereocenters. The van der Waals surface area contributed by atoms with E-state index in [4.69, 9.17) is 0 Å². The summed E-state index contributed by atoms with van der Waals surface area (Å²) in [4.78, 5) is 30.6. The summed E-state index contributed by atoms with van der Waals surface area (Å²) in [6.45, 7) is 6.11. The zero-order valence-corrected chi connectivity index (χ0v) is 23.2. The first kappa shape index (κ1) is 28.4. The predicted molar refractivity (Wildman–Crippen MR) is 152 cm³/mol. The molecule has 0 unspecified atom stereocenters. The van der Waals surface area contributed by atoms with Crippen LogP contribution in [0.15, 0.2) is 72.9 Å². The standard InChI is InChI=1S/C32H41FN4O2/c1-25(2)20-37(32(39)34-29-12-7-4-8-13-29)24-31(38)36(22-26-10-5-3-6-11-26)23-30-14-9-19-35(30)21-27-15-17-28(33)18-16-27/h3,5-6,9-11,14-19,25,29H,4,7-8,12-13,20-24H2,1-2H3,(H,34,39). The highest BCUT2D eigenvalue weighted by Crippen LogP contribution is 2.18. The highest BCUT2D eigenvalue weighted by atomic mass is 19.1. The first-order valence-electron chi connectivity index (χ1n) is 14.1. The molecule has 2 aromatic carbocycles. The molecule has 0 bridgehead atoms. The van der Waals surface area contributed by atoms with Gasteiger partial charge in [0.2, 0.25) is 5.91 Å². The zero-order valence-electron chi connectivity index (χ0n) is 23.2. The fourth-order valence-electron chi connectivity index (χ4n) is 5.20. The number of nitrogens with one attached hydrogen (secondary N) is 1. The van der Waals surface area contributed by atoms with Crippen LogP contribution in [0.25, 0.3) is 0 Å². The molecule has 3 aromatic rings. The van der Waals surface area contributed by atoms with Crippen LogP contribution in [-0.2, 0) is 24.4 Å². The summed E-state index contributed by atoms with van der Waals surface area (Å²) >= 11 is 0. The molecular weight excluding hydrogens is 491 g/mol. The van der Waals surface area contributed by atoms with Gasteiger partial charge < -0.3 is 19.7 Å². The number of halogens is 1. The third kappa shape index (κ3) is 8.70. The van der Waals surface area contributed by atoms with E-state index in [1.54, 1.807) is 17.0 Å². The molecule has 1 aliphatic rings. The molecule has 0 spiro atoms. The molecule has 0 aliphatic heterocycles. The third-order valence-electron chi connectivity index (χ3n) is 7.24. The maximum Gasteiger partial charge on any atom is 0.318 e. The Kier molecular flexibility index (Phi) is 10.2. The van der Waals surface area contributed by atoms with Crippen molar-refractivity contribution in [1.29, 1.82) is 0 Å². The Labute approximate surface area is 231 Å². The Balaban J connectivity index is 1.50. The van der Waals surface area contributed by atoms with Crippen molar-refractivity contribution in [3.8, 4) is 0 Å². The predicted octanol–water partition coefficient (Wildman–Crippen LogP) is 6.20. The fourth-order valence-corrected chi connectivity index (χ4v) is 5.20. The highest BCUT2D eigenvalue weighted by Gasteiger charge is 2.25. The van der Waals surface area contributed by atoms with Gasteiger partial charge in [0, 0.05) is 37.6 Å². The van der Waals surface area contributed by atoms with Crippen LogP contribution >= 0.6 is 0 Å². The van der Waals surface area contributed by atoms with Crippen molar-refractivity contribution in [2.75, 3.05) is 13.1 Å². The number of nitrogens with zero attached hydrogens (tertiary/aromatic N) is 3. The molecule has 39 heavy (non-hydrogen) atoms. The Morgan fingerprint density at radius 2 is 1.62 bits per heavy atom. The molecule has 1 aliphatic carbocycles. The lowest BCUT2D eigenvalue weighted by Crippen LogP contribution is -2.50. The van der Waals surface area contributed by atoms with Crippen LogP contribution in [0.1, 0.15) is 62.8 Å². The molecule has 6 nitrogen and oxygen atoms in total. The summed E-state index contributed by atoms with van der Waals surface area (Å²) in [5.41, 5.74) is 2.99. The summed E-state index contributed by atoms with van der Waals surface area (Å²) in [5, 5.41) is 3.19. The van der Waals surface area contributed by atoms with Gasteiger partial charge in [-0.15, -0.1) is 0 Å². The van der Waals surface area contributed by atoms with Crippen LogP contribution in [0.5, 0.6) is 0 Å². The first-order valence-corrected chi connectivity index (χ1v) is 14.1. The monoisotopic (exact) mass is 532 g/mol. The van der Waals surface area contributed by atoms with Gasteiger partial charge in [0.25, 0.3) is 0 Å². The second-order valence-electron chi connectivity index (χ2n) is 11.0. The van der Waals surface area contributed by atoms with Crippen LogP contribution in [0.3, 0.4) is 0 Å². The number of amides is 3. The van der Waals surface area contributed by atoms with Gasteiger partial charge >= 0.3 is 6.03 Å². The van der Waals surface area contributed by atoms with Crippen LogP contribution in [0, 0.1) is 11.7 Å². The van der Waals surface area contributed by atoms with Crippen molar-refractivity contribution >= 4 is 11.9 Å². The molecule has 1 heterocycles. The van der Waals surface area contributed by atoms with E-state index in [1.165, 1.54) is 18.6 Å². The van der Waals surface area contributed by atoms with E-state index in [0.29, 0.717) is 26.2 Å². The average molecular weight is 533 g/mol. The molecule has 1 saturated carbocycles. The number of aromatic nitrogens is 1. The molecule has 1 N–H and O–H groups in total. The van der Waals surface area contributed by atoms with Gasteiger partial charge in [0.05, 0.1) is 6.54 Å². The summed E-state index contributed by atoms with van der Waals surface area (Å²) in [5.74, 6) is -0.108. The van der Waals surface area contributed by atoms with Crippen molar-refractivity contribution < 1.29 is 14.0 Å². The van der Waals surface area contributed by atoms with Gasteiger partial charge in [-0.2, -0.15) is 0 Å². The molecular formula is C32H41FN4O2. The average Bonchev–Trinajstić information content (AvgIpc) is 3.36. The fraction of sp³-hybridized carbons (Fsp3) is 0.438. The number of urea groups is 1. The first-order chi connectivity index (χ1) is 18.9. The Bertz CT molecular complexity index is 1190. The zero-order chi connectivity index (χ0) is 27.6. The second kappa shape index (κ2) is 14.0. The van der Waals surface area contributed by atoms with E-state index in [1.807, 2.05) is 53.6 Å². The Hall–Kier alpha value is -3.61. The Morgan fingerprint density at radius 3 is 2.31 bits per heavy atom. The van der Waals surface area contributed by atoms with Crippen molar-refractivity contribution in [1.82, 2.24) is 19.7 Å². The number of rotatable bonds is 11. The van der Waals surface area contributed by atoms with Crippen molar-refractivity contribution in [2.45, 2.75) is 71.6 Å². The minimum atomic E-state index is -0.260. The van der Waals surface area contributed by atoms with Crippen LogP contribution in [0.4, 0.5) is 9.18 Å². The smallest absolute Gasteiger partial charge is 0.318 e. The van der Waals surface area contributed by atoms with Crippen molar-refractivity contribution in [2.24, 2.45) is 5.92 Å². The molecule has 3 amide bonds. The van der Waals surface area contributed by atoms with Crippen LogP contribution in [0.2, 0.25) is 0 Å². The topological polar surface area (TPSA) is 57.6 Å². The summed E-state index contributed by atoms with van der Waals surface area (Å²) in [6, 6.07) is 20.4. The number of hydrogen-bond acceptors (Lipinski definition) is 2. The van der Waals surface area contributed by atoms with Crippen LogP contribution in [-0.4, -0.2) is 45.4 Å². The molecule has 1 aromatic heterocycles. The number of benzene rings is 2. The third-order valence-corrected chi connectivity index (χ3v) is 7.24. The lowest BCUT2D eigenvalue weighted by molar-refractivity contribution is -0.133. The molecule has 1 fully saturated rings. The van der Waals surface area contributed by atoms with Gasteiger partial charge in [-0.25, -0.2) is 9.18 Å².